The third kappa shape index (κ3) is 2.18. The quantitative estimate of drug-likeness (QED) is 0.914. The van der Waals surface area contributed by atoms with Crippen molar-refractivity contribution in [2.45, 2.75) is 51.7 Å². The van der Waals surface area contributed by atoms with Gasteiger partial charge in [-0.15, -0.1) is 0 Å². The first-order valence-electron chi connectivity index (χ1n) is 8.41. The van der Waals surface area contributed by atoms with Crippen molar-refractivity contribution in [3.63, 3.8) is 0 Å². The van der Waals surface area contributed by atoms with Gasteiger partial charge in [0.2, 0.25) is 0 Å². The van der Waals surface area contributed by atoms with Gasteiger partial charge in [0.15, 0.2) is 0 Å². The van der Waals surface area contributed by atoms with Crippen molar-refractivity contribution < 1.29 is 5.11 Å². The van der Waals surface area contributed by atoms with E-state index in [1.807, 2.05) is 6.07 Å². The Morgan fingerprint density at radius 1 is 1.29 bits per heavy atom. The van der Waals surface area contributed by atoms with E-state index in [0.717, 1.165) is 36.1 Å². The molecule has 2 aliphatic rings. The van der Waals surface area contributed by atoms with Gasteiger partial charge in [-0.3, -0.25) is 0 Å². The number of aliphatic hydroxyl groups excluding tert-OH is 1. The van der Waals surface area contributed by atoms with Crippen LogP contribution >= 0.6 is 0 Å². The van der Waals surface area contributed by atoms with Crippen LogP contribution in [0.4, 0.5) is 0 Å². The summed E-state index contributed by atoms with van der Waals surface area (Å²) in [4.78, 5) is 4.78. The summed E-state index contributed by atoms with van der Waals surface area (Å²) in [5.74, 6) is 3.23. The SMILES string of the molecule is CCCn1c(CC(O)C2C3CCCC32)nc2ccccc21. The van der Waals surface area contributed by atoms with Gasteiger partial charge in [-0.2, -0.15) is 0 Å². The molecule has 0 aliphatic heterocycles. The Hall–Kier alpha value is -1.35. The molecule has 2 saturated carbocycles. The molecule has 21 heavy (non-hydrogen) atoms. The Balaban J connectivity index is 1.59. The summed E-state index contributed by atoms with van der Waals surface area (Å²) in [6.45, 7) is 3.18. The maximum Gasteiger partial charge on any atom is 0.112 e. The number of fused-ring (bicyclic) bond motifs is 2. The monoisotopic (exact) mass is 284 g/mol. The van der Waals surface area contributed by atoms with E-state index in [-0.39, 0.29) is 6.10 Å². The molecule has 3 nitrogen and oxygen atoms in total. The molecule has 3 unspecified atom stereocenters. The molecule has 1 heterocycles. The molecule has 2 fully saturated rings. The molecule has 1 N–H and O–H groups in total. The van der Waals surface area contributed by atoms with E-state index in [4.69, 9.17) is 4.98 Å². The molecule has 2 aliphatic carbocycles. The molecule has 1 aromatic carbocycles. The van der Waals surface area contributed by atoms with Crippen LogP contribution in [0.25, 0.3) is 11.0 Å². The predicted octanol–water partition coefficient (Wildman–Crippen LogP) is 3.40. The second-order valence-electron chi connectivity index (χ2n) is 6.78. The van der Waals surface area contributed by atoms with Gasteiger partial charge in [0.25, 0.3) is 0 Å². The Morgan fingerprint density at radius 2 is 2.05 bits per heavy atom. The van der Waals surface area contributed by atoms with Crippen molar-refractivity contribution >= 4 is 11.0 Å². The highest BCUT2D eigenvalue weighted by molar-refractivity contribution is 5.75. The number of aliphatic hydroxyl groups is 1. The number of para-hydroxylation sites is 2. The average Bonchev–Trinajstić information content (AvgIpc) is 2.83. The van der Waals surface area contributed by atoms with Gasteiger partial charge in [-0.05, 0) is 49.1 Å². The standard InChI is InChI=1S/C18H24N2O/c1-2-10-20-15-9-4-3-8-14(15)19-17(20)11-16(21)18-12-6-5-7-13(12)18/h3-4,8-9,12-13,16,18,21H,2,5-7,10-11H2,1H3. The summed E-state index contributed by atoms with van der Waals surface area (Å²) in [5, 5.41) is 10.6. The zero-order valence-electron chi connectivity index (χ0n) is 12.7. The zero-order chi connectivity index (χ0) is 14.4. The van der Waals surface area contributed by atoms with Crippen LogP contribution in [0.15, 0.2) is 24.3 Å². The molecule has 1 aromatic heterocycles. The third-order valence-corrected chi connectivity index (χ3v) is 5.49. The van der Waals surface area contributed by atoms with E-state index in [1.165, 1.54) is 24.8 Å². The molecule has 0 amide bonds. The van der Waals surface area contributed by atoms with Crippen molar-refractivity contribution in [2.24, 2.45) is 17.8 Å². The fourth-order valence-electron chi connectivity index (χ4n) is 4.53. The van der Waals surface area contributed by atoms with Crippen LogP contribution in [0.3, 0.4) is 0 Å². The smallest absolute Gasteiger partial charge is 0.112 e. The number of hydrogen-bond donors (Lipinski definition) is 1. The fraction of sp³-hybridized carbons (Fsp3) is 0.611. The molecule has 3 atom stereocenters. The zero-order valence-corrected chi connectivity index (χ0v) is 12.7. The summed E-state index contributed by atoms with van der Waals surface area (Å²) in [7, 11) is 0. The molecule has 0 radical (unpaired) electrons. The van der Waals surface area contributed by atoms with E-state index in [1.54, 1.807) is 0 Å². The van der Waals surface area contributed by atoms with Crippen LogP contribution < -0.4 is 0 Å². The predicted molar refractivity (Wildman–Crippen MR) is 84.1 cm³/mol. The first-order chi connectivity index (χ1) is 10.3. The summed E-state index contributed by atoms with van der Waals surface area (Å²) in [6, 6.07) is 8.32. The molecule has 4 rings (SSSR count). The number of imidazole rings is 1. The highest BCUT2D eigenvalue weighted by atomic mass is 16.3. The molecule has 2 aromatic rings. The first kappa shape index (κ1) is 13.3. The fourth-order valence-corrected chi connectivity index (χ4v) is 4.53. The van der Waals surface area contributed by atoms with Crippen molar-refractivity contribution in [3.05, 3.63) is 30.1 Å². The Morgan fingerprint density at radius 3 is 2.81 bits per heavy atom. The van der Waals surface area contributed by atoms with Gasteiger partial charge in [0, 0.05) is 13.0 Å². The largest absolute Gasteiger partial charge is 0.392 e. The minimum atomic E-state index is -0.201. The lowest BCUT2D eigenvalue weighted by molar-refractivity contribution is 0.132. The lowest BCUT2D eigenvalue weighted by atomic mass is 10.0. The van der Waals surface area contributed by atoms with Crippen LogP contribution in [0, 0.1) is 17.8 Å². The Labute approximate surface area is 126 Å². The molecular weight excluding hydrogens is 260 g/mol. The van der Waals surface area contributed by atoms with Gasteiger partial charge < -0.3 is 9.67 Å². The van der Waals surface area contributed by atoms with Gasteiger partial charge in [-0.25, -0.2) is 4.98 Å². The second kappa shape index (κ2) is 5.13. The van der Waals surface area contributed by atoms with Gasteiger partial charge in [0.1, 0.15) is 5.82 Å². The maximum absolute atomic E-state index is 10.6. The van der Waals surface area contributed by atoms with Crippen LogP contribution in [0.1, 0.15) is 38.4 Å². The van der Waals surface area contributed by atoms with Crippen LogP contribution in [0.2, 0.25) is 0 Å². The summed E-state index contributed by atoms with van der Waals surface area (Å²) in [5.41, 5.74) is 2.27. The van der Waals surface area contributed by atoms with Crippen LogP contribution in [-0.2, 0) is 13.0 Å². The molecular formula is C18H24N2O. The minimum Gasteiger partial charge on any atom is -0.392 e. The van der Waals surface area contributed by atoms with Gasteiger partial charge >= 0.3 is 0 Å². The average molecular weight is 284 g/mol. The van der Waals surface area contributed by atoms with Gasteiger partial charge in [-0.1, -0.05) is 25.5 Å². The van der Waals surface area contributed by atoms with E-state index < -0.39 is 0 Å². The molecule has 0 bridgehead atoms. The van der Waals surface area contributed by atoms with Crippen molar-refractivity contribution in [1.82, 2.24) is 9.55 Å². The topological polar surface area (TPSA) is 38.0 Å². The number of aryl methyl sites for hydroxylation is 1. The van der Waals surface area contributed by atoms with Crippen LogP contribution in [-0.4, -0.2) is 20.8 Å². The Kier molecular flexibility index (Phi) is 3.26. The number of hydrogen-bond acceptors (Lipinski definition) is 2. The van der Waals surface area contributed by atoms with E-state index in [9.17, 15) is 5.11 Å². The highest BCUT2D eigenvalue weighted by Gasteiger charge is 2.55. The number of rotatable bonds is 5. The lowest BCUT2D eigenvalue weighted by Crippen LogP contribution is -2.19. The molecule has 112 valence electrons. The summed E-state index contributed by atoms with van der Waals surface area (Å²) in [6.07, 6.45) is 5.64. The molecule has 0 spiro atoms. The Bertz CT molecular complexity index is 638. The van der Waals surface area contributed by atoms with Crippen molar-refractivity contribution in [3.8, 4) is 0 Å². The first-order valence-corrected chi connectivity index (χ1v) is 8.41. The van der Waals surface area contributed by atoms with Gasteiger partial charge in [0.05, 0.1) is 17.1 Å². The molecule has 3 heteroatoms. The van der Waals surface area contributed by atoms with E-state index in [0.29, 0.717) is 12.3 Å². The van der Waals surface area contributed by atoms with Crippen LogP contribution in [0.5, 0.6) is 0 Å². The summed E-state index contributed by atoms with van der Waals surface area (Å²) < 4.78 is 2.30. The van der Waals surface area contributed by atoms with E-state index in [2.05, 4.69) is 29.7 Å². The molecule has 0 saturated heterocycles. The number of nitrogens with zero attached hydrogens (tertiary/aromatic N) is 2. The maximum atomic E-state index is 10.6. The number of benzene rings is 1. The second-order valence-corrected chi connectivity index (χ2v) is 6.78. The van der Waals surface area contributed by atoms with Crippen molar-refractivity contribution in [1.29, 1.82) is 0 Å². The van der Waals surface area contributed by atoms with Crippen molar-refractivity contribution in [2.75, 3.05) is 0 Å². The third-order valence-electron chi connectivity index (χ3n) is 5.49. The highest BCUT2D eigenvalue weighted by Crippen LogP contribution is 2.59. The lowest BCUT2D eigenvalue weighted by Gasteiger charge is -2.14. The number of aromatic nitrogens is 2. The summed E-state index contributed by atoms with van der Waals surface area (Å²) >= 11 is 0. The van der Waals surface area contributed by atoms with E-state index >= 15 is 0 Å². The minimum absolute atomic E-state index is 0.201. The normalized spacial score (nSPS) is 28.8.